The number of amides is 1. The Bertz CT molecular complexity index is 886. The molecule has 0 radical (unpaired) electrons. The summed E-state index contributed by atoms with van der Waals surface area (Å²) >= 11 is 0. The SMILES string of the molecule is [Cl-].[Cl-].[NH3+]C[C@H]1CC[C@H](CNC(=O)C2=Nc3cc(-c4ccc(F)cc4)ccc3C2)C1. The van der Waals surface area contributed by atoms with Gasteiger partial charge in [-0.2, -0.15) is 0 Å². The maximum Gasteiger partial charge on any atom is 0.266 e. The van der Waals surface area contributed by atoms with Crippen molar-refractivity contribution >= 4 is 17.3 Å². The van der Waals surface area contributed by atoms with Gasteiger partial charge in [0.05, 0.1) is 12.2 Å². The van der Waals surface area contributed by atoms with Crippen LogP contribution in [0, 0.1) is 17.7 Å². The maximum atomic E-state index is 13.1. The number of benzene rings is 2. The van der Waals surface area contributed by atoms with E-state index in [1.807, 2.05) is 18.2 Å². The molecule has 1 fully saturated rings. The van der Waals surface area contributed by atoms with E-state index in [9.17, 15) is 9.18 Å². The number of hydrogen-bond acceptors (Lipinski definition) is 2. The summed E-state index contributed by atoms with van der Waals surface area (Å²) in [6, 6.07) is 12.4. The molecular formula is C22H25Cl2FN3O-. The second kappa shape index (κ2) is 10.2. The van der Waals surface area contributed by atoms with Crippen molar-refractivity contribution in [3.8, 4) is 11.1 Å². The van der Waals surface area contributed by atoms with Crippen molar-refractivity contribution in [3.63, 3.8) is 0 Å². The lowest BCUT2D eigenvalue weighted by atomic mass is 10.0. The third kappa shape index (κ3) is 5.35. The minimum absolute atomic E-state index is 0. The van der Waals surface area contributed by atoms with E-state index < -0.39 is 0 Å². The Hall–Kier alpha value is -1.95. The van der Waals surface area contributed by atoms with Gasteiger partial charge < -0.3 is 35.9 Å². The number of nitrogens with one attached hydrogen (secondary N) is 1. The molecule has 4 nitrogen and oxygen atoms in total. The molecule has 1 aliphatic heterocycles. The molecule has 2 aromatic carbocycles. The van der Waals surface area contributed by atoms with Gasteiger partial charge in [0.1, 0.15) is 11.5 Å². The van der Waals surface area contributed by atoms with Crippen LogP contribution >= 0.6 is 0 Å². The fourth-order valence-corrected chi connectivity index (χ4v) is 4.10. The van der Waals surface area contributed by atoms with Crippen LogP contribution in [0.1, 0.15) is 24.8 Å². The highest BCUT2D eigenvalue weighted by Gasteiger charge is 2.26. The number of carbonyl (C=O) groups excluding carboxylic acids is 1. The summed E-state index contributed by atoms with van der Waals surface area (Å²) in [7, 11) is 0. The maximum absolute atomic E-state index is 13.1. The number of rotatable bonds is 5. The first-order chi connectivity index (χ1) is 13.1. The van der Waals surface area contributed by atoms with Gasteiger partial charge in [-0.25, -0.2) is 9.38 Å². The van der Waals surface area contributed by atoms with Gasteiger partial charge in [-0.05, 0) is 60.1 Å². The van der Waals surface area contributed by atoms with Crippen LogP contribution in [0.25, 0.3) is 11.1 Å². The third-order valence-electron chi connectivity index (χ3n) is 5.75. The van der Waals surface area contributed by atoms with Gasteiger partial charge in [0.15, 0.2) is 0 Å². The molecule has 0 unspecified atom stereocenters. The molecule has 1 saturated carbocycles. The van der Waals surface area contributed by atoms with Crippen LogP contribution in [0.3, 0.4) is 0 Å². The highest BCUT2D eigenvalue weighted by Crippen LogP contribution is 2.32. The normalized spacial score (nSPS) is 19.6. The lowest BCUT2D eigenvalue weighted by Crippen LogP contribution is -3.00. The van der Waals surface area contributed by atoms with Crippen LogP contribution < -0.4 is 35.9 Å². The van der Waals surface area contributed by atoms with Crippen LogP contribution in [-0.2, 0) is 11.2 Å². The Morgan fingerprint density at radius 3 is 2.45 bits per heavy atom. The number of carbonyl (C=O) groups is 1. The quantitative estimate of drug-likeness (QED) is 0.512. The molecule has 29 heavy (non-hydrogen) atoms. The van der Waals surface area contributed by atoms with Crippen molar-refractivity contribution in [1.82, 2.24) is 5.32 Å². The first kappa shape index (κ1) is 23.3. The number of quaternary nitrogens is 1. The summed E-state index contributed by atoms with van der Waals surface area (Å²) in [4.78, 5) is 17.1. The monoisotopic (exact) mass is 436 g/mol. The third-order valence-corrected chi connectivity index (χ3v) is 5.75. The van der Waals surface area contributed by atoms with Crippen LogP contribution in [0.15, 0.2) is 47.5 Å². The molecule has 0 saturated heterocycles. The Labute approximate surface area is 183 Å². The van der Waals surface area contributed by atoms with E-state index in [1.165, 1.54) is 25.0 Å². The molecule has 0 aromatic heterocycles. The summed E-state index contributed by atoms with van der Waals surface area (Å²) < 4.78 is 13.1. The summed E-state index contributed by atoms with van der Waals surface area (Å²) in [6.45, 7) is 1.72. The van der Waals surface area contributed by atoms with Gasteiger partial charge in [-0.3, -0.25) is 4.79 Å². The summed E-state index contributed by atoms with van der Waals surface area (Å²) in [5.74, 6) is 0.966. The minimum Gasteiger partial charge on any atom is -1.00 e. The van der Waals surface area contributed by atoms with Gasteiger partial charge in [0.25, 0.3) is 5.91 Å². The van der Waals surface area contributed by atoms with Gasteiger partial charge >= 0.3 is 0 Å². The lowest BCUT2D eigenvalue weighted by Gasteiger charge is -2.11. The molecule has 2 atom stereocenters. The first-order valence-electron chi connectivity index (χ1n) is 9.66. The summed E-state index contributed by atoms with van der Waals surface area (Å²) in [5.41, 5.74) is 8.38. The number of nitrogens with zero attached hydrogens (tertiary/aromatic N) is 1. The van der Waals surface area contributed by atoms with Crippen molar-refractivity contribution < 1.29 is 39.7 Å². The average molecular weight is 437 g/mol. The second-order valence-electron chi connectivity index (χ2n) is 7.63. The van der Waals surface area contributed by atoms with E-state index in [0.29, 0.717) is 24.0 Å². The molecule has 4 rings (SSSR count). The molecule has 1 aliphatic carbocycles. The minimum atomic E-state index is -0.249. The Kier molecular flexibility index (Phi) is 8.20. The van der Waals surface area contributed by atoms with Crippen LogP contribution in [-0.4, -0.2) is 24.7 Å². The zero-order valence-electron chi connectivity index (χ0n) is 16.1. The summed E-state index contributed by atoms with van der Waals surface area (Å²) in [6.07, 6.45) is 4.13. The van der Waals surface area contributed by atoms with Gasteiger partial charge in [0.2, 0.25) is 0 Å². The van der Waals surface area contributed by atoms with Crippen LogP contribution in [0.5, 0.6) is 0 Å². The zero-order chi connectivity index (χ0) is 18.8. The first-order valence-corrected chi connectivity index (χ1v) is 9.66. The molecule has 2 aromatic rings. The van der Waals surface area contributed by atoms with Crippen molar-refractivity contribution in [2.24, 2.45) is 16.8 Å². The molecule has 7 heteroatoms. The van der Waals surface area contributed by atoms with E-state index in [0.717, 1.165) is 41.9 Å². The molecule has 1 heterocycles. The highest BCUT2D eigenvalue weighted by atomic mass is 35.5. The Balaban J connectivity index is 0.00000150. The standard InChI is InChI=1S/C22H24FN3O.2ClH/c23-19-7-5-16(6-8-19)17-3-4-18-11-21(26-20(18)10-17)22(27)25-13-15-2-1-14(9-15)12-24;;/h3-8,10,14-15H,1-2,9,11-13,24H2,(H,25,27);2*1H/p-1/t14-,15-;;/m0../s1. The molecule has 4 N–H and O–H groups in total. The van der Waals surface area contributed by atoms with E-state index in [2.05, 4.69) is 16.0 Å². The molecule has 0 bridgehead atoms. The van der Waals surface area contributed by atoms with Gasteiger partial charge in [-0.15, -0.1) is 0 Å². The predicted molar refractivity (Wildman–Crippen MR) is 104 cm³/mol. The number of halogens is 3. The van der Waals surface area contributed by atoms with E-state index in [4.69, 9.17) is 0 Å². The molecular weight excluding hydrogens is 412 g/mol. The molecule has 0 spiro atoms. The molecule has 156 valence electrons. The fourth-order valence-electron chi connectivity index (χ4n) is 4.10. The molecule has 2 aliphatic rings. The van der Waals surface area contributed by atoms with Crippen LogP contribution in [0.4, 0.5) is 10.1 Å². The molecule has 1 amide bonds. The van der Waals surface area contributed by atoms with E-state index in [-0.39, 0.29) is 36.5 Å². The zero-order valence-corrected chi connectivity index (χ0v) is 17.6. The van der Waals surface area contributed by atoms with E-state index >= 15 is 0 Å². The highest BCUT2D eigenvalue weighted by molar-refractivity contribution is 6.40. The number of aliphatic imine (C=N–C) groups is 1. The Morgan fingerprint density at radius 1 is 1.07 bits per heavy atom. The largest absolute Gasteiger partial charge is 1.00 e. The number of hydrogen-bond donors (Lipinski definition) is 2. The van der Waals surface area contributed by atoms with Crippen LogP contribution in [0.2, 0.25) is 0 Å². The predicted octanol–water partition coefficient (Wildman–Crippen LogP) is -3.10. The van der Waals surface area contributed by atoms with Crippen molar-refractivity contribution in [3.05, 3.63) is 53.8 Å². The van der Waals surface area contributed by atoms with Gasteiger partial charge in [-0.1, -0.05) is 24.3 Å². The number of fused-ring (bicyclic) bond motifs is 1. The van der Waals surface area contributed by atoms with Gasteiger partial charge in [0, 0.05) is 18.9 Å². The fraction of sp³-hybridized carbons (Fsp3) is 0.364. The summed E-state index contributed by atoms with van der Waals surface area (Å²) in [5, 5.41) is 3.07. The lowest BCUT2D eigenvalue weighted by molar-refractivity contribution is -0.378. The van der Waals surface area contributed by atoms with Crippen molar-refractivity contribution in [1.29, 1.82) is 0 Å². The van der Waals surface area contributed by atoms with Crippen molar-refractivity contribution in [2.45, 2.75) is 25.7 Å². The van der Waals surface area contributed by atoms with Crippen molar-refractivity contribution in [2.75, 3.05) is 13.1 Å². The second-order valence-corrected chi connectivity index (χ2v) is 7.63. The Morgan fingerprint density at radius 2 is 1.76 bits per heavy atom. The van der Waals surface area contributed by atoms with E-state index in [1.54, 1.807) is 12.1 Å². The topological polar surface area (TPSA) is 69.1 Å². The average Bonchev–Trinajstić information content (AvgIpc) is 3.32. The smallest absolute Gasteiger partial charge is 0.266 e.